The van der Waals surface area contributed by atoms with Crippen molar-refractivity contribution >= 4 is 15.8 Å². The first-order valence-electron chi connectivity index (χ1n) is 3.53. The molecule has 1 aromatic carbocycles. The molecule has 0 spiro atoms. The van der Waals surface area contributed by atoms with Gasteiger partial charge in [-0.15, -0.1) is 0 Å². The van der Waals surface area contributed by atoms with Crippen molar-refractivity contribution in [3.05, 3.63) is 29.6 Å². The molecule has 4 nitrogen and oxygen atoms in total. The van der Waals surface area contributed by atoms with Gasteiger partial charge in [-0.1, -0.05) is 0 Å². The van der Waals surface area contributed by atoms with Gasteiger partial charge in [-0.3, -0.25) is 0 Å². The molecule has 0 aliphatic heterocycles. The molecule has 0 aliphatic rings. The second-order valence-electron chi connectivity index (χ2n) is 2.70. The summed E-state index contributed by atoms with van der Waals surface area (Å²) in [6.07, 6.45) is 0.903. The van der Waals surface area contributed by atoms with Crippen molar-refractivity contribution in [1.29, 1.82) is 0 Å². The molecule has 0 unspecified atom stereocenters. The fourth-order valence-corrected chi connectivity index (χ4v) is 1.52. The largest absolute Gasteiger partial charge is 0.545 e. The smallest absolute Gasteiger partial charge is 0.175 e. The second-order valence-corrected chi connectivity index (χ2v) is 4.72. The molecular weight excluding hydrogens is 211 g/mol. The number of rotatable bonds is 2. The maximum absolute atomic E-state index is 12.9. The zero-order valence-electron chi connectivity index (χ0n) is 7.15. The van der Waals surface area contributed by atoms with Crippen LogP contribution in [0.1, 0.15) is 10.4 Å². The molecule has 0 saturated carbocycles. The highest BCUT2D eigenvalue weighted by Crippen LogP contribution is 2.14. The molecule has 0 N–H and O–H groups in total. The van der Waals surface area contributed by atoms with Gasteiger partial charge < -0.3 is 9.90 Å². The Kier molecular flexibility index (Phi) is 2.57. The first-order chi connectivity index (χ1) is 6.32. The summed E-state index contributed by atoms with van der Waals surface area (Å²) in [7, 11) is -3.52. The number of benzene rings is 1. The van der Waals surface area contributed by atoms with Crippen LogP contribution in [0.25, 0.3) is 0 Å². The second kappa shape index (κ2) is 3.38. The molecule has 1 aromatic rings. The Labute approximate surface area is 79.9 Å². The predicted octanol–water partition coefficient (Wildman–Crippen LogP) is -0.407. The van der Waals surface area contributed by atoms with Crippen molar-refractivity contribution < 1.29 is 22.7 Å². The van der Waals surface area contributed by atoms with E-state index in [2.05, 4.69) is 0 Å². The third-order valence-electron chi connectivity index (χ3n) is 1.59. The van der Waals surface area contributed by atoms with Gasteiger partial charge in [-0.2, -0.15) is 0 Å². The molecule has 0 aliphatic carbocycles. The summed E-state index contributed by atoms with van der Waals surface area (Å²) in [5.41, 5.74) is -0.655. The molecule has 14 heavy (non-hydrogen) atoms. The maximum atomic E-state index is 12.9. The van der Waals surface area contributed by atoms with Gasteiger partial charge >= 0.3 is 0 Å². The minimum absolute atomic E-state index is 0.264. The van der Waals surface area contributed by atoms with Gasteiger partial charge in [0.2, 0.25) is 0 Å². The molecule has 0 saturated heterocycles. The third-order valence-corrected chi connectivity index (χ3v) is 2.70. The average Bonchev–Trinajstić information content (AvgIpc) is 2.01. The Morgan fingerprint density at radius 2 is 2.00 bits per heavy atom. The fraction of sp³-hybridized carbons (Fsp3) is 0.125. The van der Waals surface area contributed by atoms with Crippen LogP contribution in [0.4, 0.5) is 4.39 Å². The molecule has 0 amide bonds. The van der Waals surface area contributed by atoms with Crippen LogP contribution in [0.5, 0.6) is 0 Å². The van der Waals surface area contributed by atoms with Crippen LogP contribution in [0.3, 0.4) is 0 Å². The number of carbonyl (C=O) groups excluding carboxylic acids is 1. The topological polar surface area (TPSA) is 74.3 Å². The summed E-state index contributed by atoms with van der Waals surface area (Å²) in [6, 6.07) is 2.53. The van der Waals surface area contributed by atoms with Crippen molar-refractivity contribution in [2.24, 2.45) is 0 Å². The van der Waals surface area contributed by atoms with E-state index in [0.717, 1.165) is 18.4 Å². The molecule has 0 radical (unpaired) electrons. The van der Waals surface area contributed by atoms with E-state index in [1.54, 1.807) is 0 Å². The minimum Gasteiger partial charge on any atom is -0.545 e. The lowest BCUT2D eigenvalue weighted by Gasteiger charge is -2.05. The van der Waals surface area contributed by atoms with Crippen LogP contribution < -0.4 is 5.11 Å². The summed E-state index contributed by atoms with van der Waals surface area (Å²) < 4.78 is 34.8. The zero-order chi connectivity index (χ0) is 10.9. The third kappa shape index (κ3) is 2.08. The lowest BCUT2D eigenvalue weighted by Crippen LogP contribution is -2.23. The van der Waals surface area contributed by atoms with Crippen LogP contribution in [0.2, 0.25) is 0 Å². The summed E-state index contributed by atoms with van der Waals surface area (Å²) >= 11 is 0. The van der Waals surface area contributed by atoms with E-state index in [1.165, 1.54) is 0 Å². The van der Waals surface area contributed by atoms with E-state index < -0.39 is 27.2 Å². The van der Waals surface area contributed by atoms with Gasteiger partial charge in [0.1, 0.15) is 5.82 Å². The van der Waals surface area contributed by atoms with E-state index in [1.807, 2.05) is 0 Å². The Morgan fingerprint density at radius 1 is 1.43 bits per heavy atom. The monoisotopic (exact) mass is 217 g/mol. The van der Waals surface area contributed by atoms with Gasteiger partial charge in [0.05, 0.1) is 10.9 Å². The predicted molar refractivity (Wildman–Crippen MR) is 43.8 cm³/mol. The molecule has 6 heteroatoms. The Balaban J connectivity index is 3.34. The fourth-order valence-electron chi connectivity index (χ4n) is 0.892. The number of hydrogen-bond donors (Lipinski definition) is 0. The molecule has 1 rings (SSSR count). The van der Waals surface area contributed by atoms with Crippen LogP contribution in [0, 0.1) is 5.82 Å². The van der Waals surface area contributed by atoms with Gasteiger partial charge in [0.15, 0.2) is 9.84 Å². The average molecular weight is 217 g/mol. The summed E-state index contributed by atoms with van der Waals surface area (Å²) in [5.74, 6) is -2.80. The van der Waals surface area contributed by atoms with Crippen molar-refractivity contribution in [1.82, 2.24) is 0 Å². The molecule has 0 aromatic heterocycles. The summed E-state index contributed by atoms with van der Waals surface area (Å²) in [5, 5.41) is 10.3. The SMILES string of the molecule is CS(=O)(=O)c1ccc(C(=O)[O-])c(F)c1. The molecule has 0 bridgehead atoms. The van der Waals surface area contributed by atoms with Crippen molar-refractivity contribution in [2.75, 3.05) is 6.26 Å². The molecule has 76 valence electrons. The Morgan fingerprint density at radius 3 is 2.36 bits per heavy atom. The van der Waals surface area contributed by atoms with E-state index in [4.69, 9.17) is 0 Å². The first kappa shape index (κ1) is 10.6. The van der Waals surface area contributed by atoms with Crippen LogP contribution in [-0.4, -0.2) is 20.6 Å². The number of halogens is 1. The molecular formula is C8H6FO4S-. The lowest BCUT2D eigenvalue weighted by molar-refractivity contribution is -0.255. The van der Waals surface area contributed by atoms with Crippen LogP contribution >= 0.6 is 0 Å². The highest BCUT2D eigenvalue weighted by Gasteiger charge is 2.10. The highest BCUT2D eigenvalue weighted by atomic mass is 32.2. The first-order valence-corrected chi connectivity index (χ1v) is 5.42. The van der Waals surface area contributed by atoms with Gasteiger partial charge in [0, 0.05) is 11.8 Å². The van der Waals surface area contributed by atoms with E-state index in [9.17, 15) is 22.7 Å². The highest BCUT2D eigenvalue weighted by molar-refractivity contribution is 7.90. The zero-order valence-corrected chi connectivity index (χ0v) is 7.97. The van der Waals surface area contributed by atoms with Gasteiger partial charge in [-0.25, -0.2) is 12.8 Å². The number of hydrogen-bond acceptors (Lipinski definition) is 4. The number of aromatic carboxylic acids is 1. The standard InChI is InChI=1S/C8H7FO4S/c1-14(12,13)5-2-3-6(8(10)11)7(9)4-5/h2-4H,1H3,(H,10,11)/p-1. The lowest BCUT2D eigenvalue weighted by atomic mass is 10.2. The summed E-state index contributed by atoms with van der Waals surface area (Å²) in [4.78, 5) is 10.0. The minimum atomic E-state index is -3.52. The number of carboxylic acid groups (broad SMARTS) is 1. The van der Waals surface area contributed by atoms with Gasteiger partial charge in [0.25, 0.3) is 0 Å². The summed E-state index contributed by atoms with van der Waals surface area (Å²) in [6.45, 7) is 0. The maximum Gasteiger partial charge on any atom is 0.175 e. The molecule has 0 atom stereocenters. The quantitative estimate of drug-likeness (QED) is 0.675. The molecule has 0 heterocycles. The van der Waals surface area contributed by atoms with Crippen molar-refractivity contribution in [2.45, 2.75) is 4.90 Å². The number of sulfone groups is 1. The van der Waals surface area contributed by atoms with Crippen LogP contribution in [-0.2, 0) is 9.84 Å². The van der Waals surface area contributed by atoms with E-state index >= 15 is 0 Å². The van der Waals surface area contributed by atoms with E-state index in [-0.39, 0.29) is 4.90 Å². The molecule has 0 fully saturated rings. The van der Waals surface area contributed by atoms with Crippen LogP contribution in [0.15, 0.2) is 23.1 Å². The number of carbonyl (C=O) groups is 1. The van der Waals surface area contributed by atoms with Crippen molar-refractivity contribution in [3.63, 3.8) is 0 Å². The normalized spacial score (nSPS) is 11.3. The Hall–Kier alpha value is -1.43. The van der Waals surface area contributed by atoms with Gasteiger partial charge in [-0.05, 0) is 18.2 Å². The van der Waals surface area contributed by atoms with Crippen molar-refractivity contribution in [3.8, 4) is 0 Å². The Bertz CT molecular complexity index is 478. The van der Waals surface area contributed by atoms with E-state index in [0.29, 0.717) is 6.07 Å². The number of carboxylic acids is 1.